The molecule has 0 heterocycles. The Bertz CT molecular complexity index is 384. The SMILES string of the molecule is CCCCC/C=C/C/C(=C/C/C=C/CCCCC=O)[N+](=O)[O-]. The molecule has 0 N–H and O–H groups in total. The van der Waals surface area contributed by atoms with Gasteiger partial charge in [-0.25, -0.2) is 0 Å². The van der Waals surface area contributed by atoms with Crippen molar-refractivity contribution < 1.29 is 9.72 Å². The molecule has 22 heavy (non-hydrogen) atoms. The molecule has 4 nitrogen and oxygen atoms in total. The summed E-state index contributed by atoms with van der Waals surface area (Å²) in [5.41, 5.74) is 0.261. The number of carbonyl (C=O) groups is 1. The maximum Gasteiger partial charge on any atom is 0.246 e. The minimum Gasteiger partial charge on any atom is -0.303 e. The summed E-state index contributed by atoms with van der Waals surface area (Å²) in [5, 5.41) is 11.0. The maximum absolute atomic E-state index is 11.0. The third-order valence-electron chi connectivity index (χ3n) is 3.30. The van der Waals surface area contributed by atoms with Crippen LogP contribution in [0.25, 0.3) is 0 Å². The smallest absolute Gasteiger partial charge is 0.246 e. The van der Waals surface area contributed by atoms with Gasteiger partial charge in [-0.2, -0.15) is 0 Å². The summed E-state index contributed by atoms with van der Waals surface area (Å²) in [6.45, 7) is 2.16. The van der Waals surface area contributed by atoms with Gasteiger partial charge >= 0.3 is 0 Å². The number of nitro groups is 1. The summed E-state index contributed by atoms with van der Waals surface area (Å²) in [7, 11) is 0. The van der Waals surface area contributed by atoms with Crippen LogP contribution >= 0.6 is 0 Å². The van der Waals surface area contributed by atoms with E-state index in [1.165, 1.54) is 12.8 Å². The Balaban J connectivity index is 3.97. The second-order valence-electron chi connectivity index (χ2n) is 5.28. The fourth-order valence-corrected chi connectivity index (χ4v) is 1.97. The van der Waals surface area contributed by atoms with E-state index in [0.29, 0.717) is 19.3 Å². The Kier molecular flexibility index (Phi) is 14.5. The number of aldehydes is 1. The lowest BCUT2D eigenvalue weighted by atomic mass is 10.1. The summed E-state index contributed by atoms with van der Waals surface area (Å²) in [6.07, 6.45) is 19.5. The minimum absolute atomic E-state index is 0.261. The van der Waals surface area contributed by atoms with Crippen molar-refractivity contribution in [1.82, 2.24) is 0 Å². The maximum atomic E-state index is 11.0. The normalized spacial score (nSPS) is 12.3. The average molecular weight is 307 g/mol. The molecule has 0 fully saturated rings. The zero-order chi connectivity index (χ0) is 16.5. The molecular formula is C18H29NO3. The summed E-state index contributed by atoms with van der Waals surface area (Å²) in [4.78, 5) is 20.8. The van der Waals surface area contributed by atoms with Gasteiger partial charge in [-0.05, 0) is 44.6 Å². The van der Waals surface area contributed by atoms with Gasteiger partial charge in [0.2, 0.25) is 5.70 Å². The first-order valence-corrected chi connectivity index (χ1v) is 8.29. The van der Waals surface area contributed by atoms with Crippen LogP contribution in [0.4, 0.5) is 0 Å². The van der Waals surface area contributed by atoms with Gasteiger partial charge in [-0.1, -0.05) is 44.1 Å². The Labute approximate surface area is 134 Å². The predicted molar refractivity (Wildman–Crippen MR) is 91.3 cm³/mol. The van der Waals surface area contributed by atoms with Crippen LogP contribution in [0.1, 0.15) is 71.1 Å². The van der Waals surface area contributed by atoms with E-state index in [9.17, 15) is 14.9 Å². The van der Waals surface area contributed by atoms with Gasteiger partial charge in [-0.3, -0.25) is 10.1 Å². The lowest BCUT2D eigenvalue weighted by Crippen LogP contribution is -1.97. The predicted octanol–water partition coefficient (Wildman–Crippen LogP) is 5.38. The zero-order valence-electron chi connectivity index (χ0n) is 13.7. The molecule has 0 saturated heterocycles. The molecule has 0 aromatic heterocycles. The highest BCUT2D eigenvalue weighted by Gasteiger charge is 2.06. The first-order chi connectivity index (χ1) is 10.7. The molecule has 4 heteroatoms. The van der Waals surface area contributed by atoms with E-state index >= 15 is 0 Å². The Morgan fingerprint density at radius 3 is 2.23 bits per heavy atom. The van der Waals surface area contributed by atoms with Crippen LogP contribution < -0.4 is 0 Å². The number of allylic oxidation sites excluding steroid dienone is 5. The monoisotopic (exact) mass is 307 g/mol. The Morgan fingerprint density at radius 2 is 1.59 bits per heavy atom. The van der Waals surface area contributed by atoms with Gasteiger partial charge in [0.25, 0.3) is 0 Å². The highest BCUT2D eigenvalue weighted by Crippen LogP contribution is 2.08. The summed E-state index contributed by atoms with van der Waals surface area (Å²) in [6, 6.07) is 0. The molecule has 0 aromatic rings. The van der Waals surface area contributed by atoms with Crippen LogP contribution in [-0.4, -0.2) is 11.2 Å². The third-order valence-corrected chi connectivity index (χ3v) is 3.30. The molecule has 0 bridgehead atoms. The molecule has 0 amide bonds. The standard InChI is InChI=1S/C18H29NO3/c1-2-3-4-5-9-12-15-18(19(21)22)16-13-10-7-6-8-11-14-17-20/h7,9-10,12,16-17H,2-6,8,11,13-15H2,1H3/b10-7+,12-9+,18-16-. The highest BCUT2D eigenvalue weighted by atomic mass is 16.6. The van der Waals surface area contributed by atoms with Crippen LogP contribution in [-0.2, 0) is 4.79 Å². The molecule has 0 aliphatic heterocycles. The number of hydrogen-bond acceptors (Lipinski definition) is 3. The zero-order valence-corrected chi connectivity index (χ0v) is 13.7. The summed E-state index contributed by atoms with van der Waals surface area (Å²) >= 11 is 0. The fraction of sp³-hybridized carbons (Fsp3) is 0.611. The van der Waals surface area contributed by atoms with E-state index in [0.717, 1.165) is 38.4 Å². The van der Waals surface area contributed by atoms with E-state index in [1.54, 1.807) is 6.08 Å². The second kappa shape index (κ2) is 15.7. The quantitative estimate of drug-likeness (QED) is 0.142. The van der Waals surface area contributed by atoms with Gasteiger partial charge < -0.3 is 4.79 Å². The largest absolute Gasteiger partial charge is 0.303 e. The highest BCUT2D eigenvalue weighted by molar-refractivity contribution is 5.48. The average Bonchev–Trinajstić information content (AvgIpc) is 2.50. The van der Waals surface area contributed by atoms with Crippen LogP contribution in [0.15, 0.2) is 36.1 Å². The molecule has 0 aliphatic carbocycles. The van der Waals surface area contributed by atoms with Crippen molar-refractivity contribution in [2.45, 2.75) is 71.1 Å². The minimum atomic E-state index is -0.297. The molecule has 0 saturated carbocycles. The fourth-order valence-electron chi connectivity index (χ4n) is 1.97. The molecule has 0 aliphatic rings. The van der Waals surface area contributed by atoms with Crippen LogP contribution in [0, 0.1) is 10.1 Å². The van der Waals surface area contributed by atoms with Gasteiger partial charge in [0.1, 0.15) is 6.29 Å². The molecule has 0 unspecified atom stereocenters. The molecule has 0 aromatic carbocycles. The van der Waals surface area contributed by atoms with E-state index in [1.807, 2.05) is 24.3 Å². The van der Waals surface area contributed by atoms with E-state index in [2.05, 4.69) is 6.92 Å². The molecule has 0 spiro atoms. The number of carbonyl (C=O) groups excluding carboxylic acids is 1. The Hall–Kier alpha value is -1.71. The van der Waals surface area contributed by atoms with E-state index < -0.39 is 0 Å². The van der Waals surface area contributed by atoms with Crippen molar-refractivity contribution in [2.24, 2.45) is 0 Å². The Morgan fingerprint density at radius 1 is 0.955 bits per heavy atom. The number of nitrogens with zero attached hydrogens (tertiary/aromatic N) is 1. The summed E-state index contributed by atoms with van der Waals surface area (Å²) in [5.74, 6) is 0. The van der Waals surface area contributed by atoms with Crippen LogP contribution in [0.5, 0.6) is 0 Å². The van der Waals surface area contributed by atoms with Gasteiger partial charge in [-0.15, -0.1) is 0 Å². The molecule has 0 atom stereocenters. The molecule has 0 rings (SSSR count). The van der Waals surface area contributed by atoms with Crippen molar-refractivity contribution in [1.29, 1.82) is 0 Å². The lowest BCUT2D eigenvalue weighted by molar-refractivity contribution is -0.427. The van der Waals surface area contributed by atoms with Crippen molar-refractivity contribution in [3.8, 4) is 0 Å². The number of hydrogen-bond donors (Lipinski definition) is 0. The topological polar surface area (TPSA) is 60.2 Å². The van der Waals surface area contributed by atoms with E-state index in [4.69, 9.17) is 0 Å². The van der Waals surface area contributed by atoms with Crippen LogP contribution in [0.3, 0.4) is 0 Å². The van der Waals surface area contributed by atoms with E-state index in [-0.39, 0.29) is 10.6 Å². The first-order valence-electron chi connectivity index (χ1n) is 8.29. The first kappa shape index (κ1) is 20.3. The summed E-state index contributed by atoms with van der Waals surface area (Å²) < 4.78 is 0. The van der Waals surface area contributed by atoms with Gasteiger partial charge in [0, 0.05) is 6.42 Å². The van der Waals surface area contributed by atoms with Crippen molar-refractivity contribution in [3.05, 3.63) is 46.2 Å². The lowest BCUT2D eigenvalue weighted by Gasteiger charge is -1.95. The van der Waals surface area contributed by atoms with Gasteiger partial charge in [0.05, 0.1) is 11.3 Å². The third kappa shape index (κ3) is 13.3. The van der Waals surface area contributed by atoms with Crippen molar-refractivity contribution >= 4 is 6.29 Å². The molecule has 0 radical (unpaired) electrons. The second-order valence-corrected chi connectivity index (χ2v) is 5.28. The molecule has 124 valence electrons. The molecular weight excluding hydrogens is 278 g/mol. The number of unbranched alkanes of at least 4 members (excludes halogenated alkanes) is 6. The van der Waals surface area contributed by atoms with Gasteiger partial charge in [0.15, 0.2) is 0 Å². The number of rotatable bonds is 14. The van der Waals surface area contributed by atoms with Crippen molar-refractivity contribution in [3.63, 3.8) is 0 Å². The van der Waals surface area contributed by atoms with Crippen LogP contribution in [0.2, 0.25) is 0 Å². The van der Waals surface area contributed by atoms with Crippen molar-refractivity contribution in [2.75, 3.05) is 0 Å².